The molecule has 2 heterocycles. The van der Waals surface area contributed by atoms with Crippen LogP contribution in [0.1, 0.15) is 31.5 Å². The number of aryl methyl sites for hydroxylation is 1. The van der Waals surface area contributed by atoms with Crippen LogP contribution in [0.4, 0.5) is 5.00 Å². The summed E-state index contributed by atoms with van der Waals surface area (Å²) < 4.78 is 15.0. The summed E-state index contributed by atoms with van der Waals surface area (Å²) in [6.07, 6.45) is -0.164. The lowest BCUT2D eigenvalue weighted by atomic mass is 10.1. The summed E-state index contributed by atoms with van der Waals surface area (Å²) in [5, 5.41) is 8.03. The van der Waals surface area contributed by atoms with Crippen molar-refractivity contribution in [3.05, 3.63) is 11.5 Å². The van der Waals surface area contributed by atoms with Crippen molar-refractivity contribution in [3.63, 3.8) is 0 Å². The van der Waals surface area contributed by atoms with Crippen molar-refractivity contribution in [1.82, 2.24) is 14.5 Å². The fourth-order valence-electron chi connectivity index (χ4n) is 1.92. The first-order valence-electron chi connectivity index (χ1n) is 6.09. The molecule has 0 aliphatic rings. The number of aromatic nitrogens is 3. The maximum Gasteiger partial charge on any atom is 0.262 e. The predicted molar refractivity (Wildman–Crippen MR) is 74.3 cm³/mol. The van der Waals surface area contributed by atoms with Crippen molar-refractivity contribution in [3.8, 4) is 11.5 Å². The van der Waals surface area contributed by atoms with Gasteiger partial charge in [0.05, 0.1) is 11.3 Å². The number of nitrogens with one attached hydrogen (secondary N) is 1. The Balaban J connectivity index is 2.38. The van der Waals surface area contributed by atoms with E-state index < -0.39 is 0 Å². The zero-order valence-electron chi connectivity index (χ0n) is 11.7. The Labute approximate surface area is 116 Å². The summed E-state index contributed by atoms with van der Waals surface area (Å²) in [6.45, 7) is 6.04. The second-order valence-electron chi connectivity index (χ2n) is 4.58. The summed E-state index contributed by atoms with van der Waals surface area (Å²) in [6, 6.07) is 0. The normalized spacial score (nSPS) is 12.9. The molecule has 6 nitrogen and oxygen atoms in total. The van der Waals surface area contributed by atoms with Crippen LogP contribution in [0.15, 0.2) is 4.52 Å². The average Bonchev–Trinajstić information content (AvgIpc) is 2.96. The first kappa shape index (κ1) is 14.0. The van der Waals surface area contributed by atoms with E-state index >= 15 is 0 Å². The Bertz CT molecular complexity index is 550. The van der Waals surface area contributed by atoms with Crippen LogP contribution < -0.4 is 5.32 Å². The topological polar surface area (TPSA) is 73.1 Å². The Morgan fingerprint density at radius 1 is 1.37 bits per heavy atom. The number of methoxy groups -OCH3 is 1. The van der Waals surface area contributed by atoms with Gasteiger partial charge in [-0.2, -0.15) is 9.36 Å². The van der Waals surface area contributed by atoms with Gasteiger partial charge in [-0.15, -0.1) is 0 Å². The molecule has 0 fully saturated rings. The molecule has 0 radical (unpaired) electrons. The molecule has 2 rings (SSSR count). The molecular weight excluding hydrogens is 264 g/mol. The second-order valence-corrected chi connectivity index (χ2v) is 5.35. The lowest BCUT2D eigenvalue weighted by Gasteiger charge is -2.14. The molecule has 0 aliphatic heterocycles. The van der Waals surface area contributed by atoms with Gasteiger partial charge in [-0.1, -0.05) is 19.0 Å². The molecule has 2 aromatic rings. The zero-order valence-corrected chi connectivity index (χ0v) is 12.5. The minimum atomic E-state index is -0.164. The van der Waals surface area contributed by atoms with Crippen LogP contribution in [0.3, 0.4) is 0 Å². The van der Waals surface area contributed by atoms with Crippen molar-refractivity contribution in [2.24, 2.45) is 5.92 Å². The lowest BCUT2D eigenvalue weighted by molar-refractivity contribution is 0.0556. The number of nitrogens with zero attached hydrogens (tertiary/aromatic N) is 3. The van der Waals surface area contributed by atoms with Crippen molar-refractivity contribution < 1.29 is 9.26 Å². The van der Waals surface area contributed by atoms with Gasteiger partial charge in [0.15, 0.2) is 0 Å². The van der Waals surface area contributed by atoms with Gasteiger partial charge >= 0.3 is 0 Å². The summed E-state index contributed by atoms with van der Waals surface area (Å²) in [5.41, 5.74) is 1.74. The molecule has 104 valence electrons. The van der Waals surface area contributed by atoms with Gasteiger partial charge in [0, 0.05) is 14.2 Å². The number of hydrogen-bond acceptors (Lipinski definition) is 7. The molecule has 0 aliphatic carbocycles. The van der Waals surface area contributed by atoms with Gasteiger partial charge in [0.2, 0.25) is 5.82 Å². The third-order valence-electron chi connectivity index (χ3n) is 2.86. The van der Waals surface area contributed by atoms with Crippen molar-refractivity contribution >= 4 is 16.5 Å². The number of anilines is 1. The molecule has 0 saturated carbocycles. The molecule has 0 bridgehead atoms. The fraction of sp³-hybridized carbons (Fsp3) is 0.583. The Morgan fingerprint density at radius 2 is 2.11 bits per heavy atom. The molecule has 19 heavy (non-hydrogen) atoms. The highest BCUT2D eigenvalue weighted by Gasteiger charge is 2.24. The van der Waals surface area contributed by atoms with E-state index in [1.807, 2.05) is 14.0 Å². The third kappa shape index (κ3) is 2.62. The molecule has 0 aromatic carbocycles. The first-order valence-corrected chi connectivity index (χ1v) is 6.86. The van der Waals surface area contributed by atoms with Crippen LogP contribution in [0.5, 0.6) is 0 Å². The monoisotopic (exact) mass is 282 g/mol. The van der Waals surface area contributed by atoms with Crippen LogP contribution in [0, 0.1) is 12.8 Å². The largest absolute Gasteiger partial charge is 0.378 e. The highest BCUT2D eigenvalue weighted by molar-refractivity contribution is 7.10. The van der Waals surface area contributed by atoms with Crippen LogP contribution in [0.2, 0.25) is 0 Å². The SMILES string of the molecule is CNc1snc(C)c1-c1nc(C(OC)C(C)C)no1. The van der Waals surface area contributed by atoms with Gasteiger partial charge < -0.3 is 14.6 Å². The Morgan fingerprint density at radius 3 is 2.68 bits per heavy atom. The van der Waals surface area contributed by atoms with Gasteiger partial charge in [-0.3, -0.25) is 0 Å². The highest BCUT2D eigenvalue weighted by Crippen LogP contribution is 2.34. The van der Waals surface area contributed by atoms with Gasteiger partial charge in [0.25, 0.3) is 5.89 Å². The van der Waals surface area contributed by atoms with E-state index in [-0.39, 0.29) is 12.0 Å². The molecule has 1 N–H and O–H groups in total. The van der Waals surface area contributed by atoms with Gasteiger partial charge in [-0.25, -0.2) is 0 Å². The standard InChI is InChI=1S/C12H18N4O2S/c1-6(2)9(17-5)10-14-11(18-15-10)8-7(3)16-19-12(8)13-4/h6,9,13H,1-5H3. The Hall–Kier alpha value is -1.47. The van der Waals surface area contributed by atoms with Crippen molar-refractivity contribution in [1.29, 1.82) is 0 Å². The van der Waals surface area contributed by atoms with Crippen molar-refractivity contribution in [2.45, 2.75) is 26.9 Å². The quantitative estimate of drug-likeness (QED) is 0.909. The fourth-order valence-corrected chi connectivity index (χ4v) is 2.66. The van der Waals surface area contributed by atoms with Crippen LogP contribution in [-0.2, 0) is 4.74 Å². The van der Waals surface area contributed by atoms with E-state index in [1.54, 1.807) is 7.11 Å². The molecule has 1 unspecified atom stereocenters. The number of rotatable bonds is 5. The molecule has 0 spiro atoms. The maximum absolute atomic E-state index is 5.40. The highest BCUT2D eigenvalue weighted by atomic mass is 32.1. The minimum absolute atomic E-state index is 0.164. The van der Waals surface area contributed by atoms with E-state index in [0.717, 1.165) is 16.3 Å². The summed E-state index contributed by atoms with van der Waals surface area (Å²) >= 11 is 1.38. The second kappa shape index (κ2) is 5.66. The maximum atomic E-state index is 5.40. The number of hydrogen-bond donors (Lipinski definition) is 1. The van der Waals surface area contributed by atoms with Gasteiger partial charge in [0.1, 0.15) is 11.1 Å². The zero-order chi connectivity index (χ0) is 14.0. The summed E-state index contributed by atoms with van der Waals surface area (Å²) in [4.78, 5) is 4.44. The smallest absolute Gasteiger partial charge is 0.262 e. The first-order chi connectivity index (χ1) is 9.08. The molecular formula is C12H18N4O2S. The number of ether oxygens (including phenoxy) is 1. The molecule has 0 saturated heterocycles. The van der Waals surface area contributed by atoms with Crippen LogP contribution >= 0.6 is 11.5 Å². The van der Waals surface area contributed by atoms with E-state index in [1.165, 1.54) is 11.5 Å². The molecule has 0 amide bonds. The van der Waals surface area contributed by atoms with E-state index in [0.29, 0.717) is 11.7 Å². The molecule has 7 heteroatoms. The summed E-state index contributed by atoms with van der Waals surface area (Å²) in [7, 11) is 3.50. The summed E-state index contributed by atoms with van der Waals surface area (Å²) in [5.74, 6) is 1.33. The average molecular weight is 282 g/mol. The van der Waals surface area contributed by atoms with E-state index in [9.17, 15) is 0 Å². The molecule has 2 aromatic heterocycles. The third-order valence-corrected chi connectivity index (χ3v) is 3.82. The van der Waals surface area contributed by atoms with Crippen molar-refractivity contribution in [2.75, 3.05) is 19.5 Å². The lowest BCUT2D eigenvalue weighted by Crippen LogP contribution is -2.10. The minimum Gasteiger partial charge on any atom is -0.378 e. The van der Waals surface area contributed by atoms with Crippen LogP contribution in [0.25, 0.3) is 11.5 Å². The van der Waals surface area contributed by atoms with Crippen LogP contribution in [-0.4, -0.2) is 28.7 Å². The molecule has 1 atom stereocenters. The van der Waals surface area contributed by atoms with E-state index in [4.69, 9.17) is 9.26 Å². The Kier molecular flexibility index (Phi) is 4.16. The predicted octanol–water partition coefficient (Wildman–Crippen LogP) is 2.89. The van der Waals surface area contributed by atoms with E-state index in [2.05, 4.69) is 33.7 Å². The van der Waals surface area contributed by atoms with Gasteiger partial charge in [-0.05, 0) is 24.4 Å².